The van der Waals surface area contributed by atoms with E-state index in [9.17, 15) is 4.79 Å². The first-order valence-corrected chi connectivity index (χ1v) is 2.90. The van der Waals surface area contributed by atoms with Gasteiger partial charge in [-0.2, -0.15) is 0 Å². The van der Waals surface area contributed by atoms with Crippen molar-refractivity contribution in [2.24, 2.45) is 5.73 Å². The number of hydrogen-bond donors (Lipinski definition) is 2. The molecular formula is C7H11NO2. The van der Waals surface area contributed by atoms with Crippen LogP contribution in [-0.2, 0) is 4.79 Å². The molecular weight excluding hydrogens is 130 g/mol. The van der Waals surface area contributed by atoms with Gasteiger partial charge in [0.15, 0.2) is 0 Å². The average Bonchev–Trinajstić information content (AvgIpc) is 1.90. The summed E-state index contributed by atoms with van der Waals surface area (Å²) in [5, 5.41) is 8.40. The third kappa shape index (κ3) is 2.03. The van der Waals surface area contributed by atoms with Crippen LogP contribution >= 0.6 is 0 Å². The molecule has 0 aliphatic carbocycles. The number of hydrogen-bond acceptors (Lipinski definition) is 2. The first-order chi connectivity index (χ1) is 4.63. The number of carboxylic acid groups (broad SMARTS) is 1. The maximum absolute atomic E-state index is 10.2. The molecule has 0 heterocycles. The molecule has 0 fully saturated rings. The number of carboxylic acids is 1. The summed E-state index contributed by atoms with van der Waals surface area (Å²) in [6.07, 6.45) is 3.07. The van der Waals surface area contributed by atoms with Gasteiger partial charge in [-0.25, -0.2) is 0 Å². The van der Waals surface area contributed by atoms with Crippen molar-refractivity contribution < 1.29 is 9.90 Å². The highest BCUT2D eigenvalue weighted by Crippen LogP contribution is 1.99. The van der Waals surface area contributed by atoms with Crippen LogP contribution in [0.4, 0.5) is 0 Å². The molecule has 0 radical (unpaired) electrons. The molecule has 3 nitrogen and oxygen atoms in total. The van der Waals surface area contributed by atoms with Crippen LogP contribution < -0.4 is 5.73 Å². The van der Waals surface area contributed by atoms with E-state index in [1.54, 1.807) is 13.0 Å². The minimum absolute atomic E-state index is 0.535. The first-order valence-electron chi connectivity index (χ1n) is 2.90. The van der Waals surface area contributed by atoms with Gasteiger partial charge < -0.3 is 10.8 Å². The molecule has 1 unspecified atom stereocenters. The van der Waals surface area contributed by atoms with E-state index in [0.717, 1.165) is 0 Å². The Morgan fingerprint density at radius 3 is 2.40 bits per heavy atom. The lowest BCUT2D eigenvalue weighted by Gasteiger charge is -2.04. The van der Waals surface area contributed by atoms with E-state index < -0.39 is 12.0 Å². The van der Waals surface area contributed by atoms with Crippen LogP contribution in [0.2, 0.25) is 0 Å². The van der Waals surface area contributed by atoms with Gasteiger partial charge in [-0.15, -0.1) is 0 Å². The van der Waals surface area contributed by atoms with Gasteiger partial charge in [-0.1, -0.05) is 18.7 Å². The highest BCUT2D eigenvalue weighted by atomic mass is 16.4. The molecule has 3 N–H and O–H groups in total. The Kier molecular flexibility index (Phi) is 3.43. The Morgan fingerprint density at radius 1 is 1.80 bits per heavy atom. The predicted molar refractivity (Wildman–Crippen MR) is 39.6 cm³/mol. The van der Waals surface area contributed by atoms with Crippen molar-refractivity contribution >= 4 is 5.97 Å². The van der Waals surface area contributed by atoms with Gasteiger partial charge >= 0.3 is 5.97 Å². The molecule has 0 saturated heterocycles. The van der Waals surface area contributed by atoms with Crippen LogP contribution in [0.1, 0.15) is 6.92 Å². The lowest BCUT2D eigenvalue weighted by Crippen LogP contribution is -2.31. The van der Waals surface area contributed by atoms with Crippen molar-refractivity contribution in [2.45, 2.75) is 13.0 Å². The summed E-state index contributed by atoms with van der Waals surface area (Å²) >= 11 is 0. The van der Waals surface area contributed by atoms with Crippen molar-refractivity contribution in [3.63, 3.8) is 0 Å². The summed E-state index contributed by atoms with van der Waals surface area (Å²) in [5.41, 5.74) is 5.78. The maximum Gasteiger partial charge on any atom is 0.325 e. The van der Waals surface area contributed by atoms with Crippen molar-refractivity contribution in [1.29, 1.82) is 0 Å². The summed E-state index contributed by atoms with van der Waals surface area (Å²) in [6, 6.07) is -0.942. The molecule has 0 aliphatic rings. The molecule has 0 aromatic rings. The quantitative estimate of drug-likeness (QED) is 0.563. The van der Waals surface area contributed by atoms with E-state index in [0.29, 0.717) is 5.57 Å². The molecule has 0 spiro atoms. The minimum Gasteiger partial charge on any atom is -0.480 e. The van der Waals surface area contributed by atoms with Crippen molar-refractivity contribution in [3.8, 4) is 0 Å². The fourth-order valence-electron chi connectivity index (χ4n) is 0.567. The molecule has 1 atom stereocenters. The third-order valence-corrected chi connectivity index (χ3v) is 1.19. The summed E-state index contributed by atoms with van der Waals surface area (Å²) in [5.74, 6) is -1.03. The molecule has 10 heavy (non-hydrogen) atoms. The molecule has 3 heteroatoms. The van der Waals surface area contributed by atoms with E-state index in [1.807, 2.05) is 0 Å². The fraction of sp³-hybridized carbons (Fsp3) is 0.286. The van der Waals surface area contributed by atoms with Crippen molar-refractivity contribution in [3.05, 3.63) is 24.3 Å². The number of carbonyl (C=O) groups is 1. The van der Waals surface area contributed by atoms with Gasteiger partial charge in [-0.3, -0.25) is 4.79 Å². The summed E-state index contributed by atoms with van der Waals surface area (Å²) < 4.78 is 0. The van der Waals surface area contributed by atoms with Crippen molar-refractivity contribution in [2.75, 3.05) is 0 Å². The molecule has 0 amide bonds. The van der Waals surface area contributed by atoms with Gasteiger partial charge in [0.2, 0.25) is 0 Å². The van der Waals surface area contributed by atoms with Gasteiger partial charge in [0, 0.05) is 0 Å². The lowest BCUT2D eigenvalue weighted by atomic mass is 10.1. The summed E-state index contributed by atoms with van der Waals surface area (Å²) in [7, 11) is 0. The standard InChI is InChI=1S/C7H11NO2/c1-3-5(4-2)6(8)7(9)10/h3-4,6H,1,8H2,2H3,(H,9,10)/b5-4+. The van der Waals surface area contributed by atoms with Crippen LogP contribution in [0.15, 0.2) is 24.3 Å². The number of nitrogens with two attached hydrogens (primary N) is 1. The van der Waals surface area contributed by atoms with Crippen LogP contribution in [0, 0.1) is 0 Å². The molecule has 0 aliphatic heterocycles. The zero-order valence-corrected chi connectivity index (χ0v) is 5.87. The number of rotatable bonds is 3. The predicted octanol–water partition coefficient (Wildman–Crippen LogP) is 0.531. The molecule has 0 aromatic heterocycles. The SMILES string of the molecule is C=C/C(=C\C)C(N)C(=O)O. The minimum atomic E-state index is -1.03. The Morgan fingerprint density at radius 2 is 2.30 bits per heavy atom. The van der Waals surface area contributed by atoms with Crippen LogP contribution in [0.5, 0.6) is 0 Å². The van der Waals surface area contributed by atoms with E-state index in [-0.39, 0.29) is 0 Å². The normalized spacial score (nSPS) is 14.4. The fourth-order valence-corrected chi connectivity index (χ4v) is 0.567. The zero-order chi connectivity index (χ0) is 8.15. The topological polar surface area (TPSA) is 63.3 Å². The first kappa shape index (κ1) is 8.91. The monoisotopic (exact) mass is 141 g/mol. The second-order valence-electron chi connectivity index (χ2n) is 1.81. The second-order valence-corrected chi connectivity index (χ2v) is 1.81. The van der Waals surface area contributed by atoms with Gasteiger partial charge in [-0.05, 0) is 12.5 Å². The molecule has 0 saturated carbocycles. The van der Waals surface area contributed by atoms with Crippen molar-refractivity contribution in [1.82, 2.24) is 0 Å². The average molecular weight is 141 g/mol. The third-order valence-electron chi connectivity index (χ3n) is 1.19. The summed E-state index contributed by atoms with van der Waals surface area (Å²) in [6.45, 7) is 5.15. The van der Waals surface area contributed by atoms with Crippen LogP contribution in [0.25, 0.3) is 0 Å². The Labute approximate surface area is 59.8 Å². The summed E-state index contributed by atoms with van der Waals surface area (Å²) in [4.78, 5) is 10.2. The molecule has 56 valence electrons. The van der Waals surface area contributed by atoms with E-state index in [4.69, 9.17) is 10.8 Å². The Hall–Kier alpha value is -1.09. The molecule has 0 rings (SSSR count). The van der Waals surface area contributed by atoms with Gasteiger partial charge in [0.05, 0.1) is 0 Å². The molecule has 0 aromatic carbocycles. The van der Waals surface area contributed by atoms with E-state index in [1.165, 1.54) is 6.08 Å². The maximum atomic E-state index is 10.2. The Bertz CT molecular complexity index is 172. The van der Waals surface area contributed by atoms with Crippen LogP contribution in [0.3, 0.4) is 0 Å². The van der Waals surface area contributed by atoms with E-state index in [2.05, 4.69) is 6.58 Å². The highest BCUT2D eigenvalue weighted by Gasteiger charge is 2.12. The zero-order valence-electron chi connectivity index (χ0n) is 5.87. The smallest absolute Gasteiger partial charge is 0.325 e. The second kappa shape index (κ2) is 3.85. The van der Waals surface area contributed by atoms with E-state index >= 15 is 0 Å². The van der Waals surface area contributed by atoms with Gasteiger partial charge in [0.25, 0.3) is 0 Å². The lowest BCUT2D eigenvalue weighted by molar-refractivity contribution is -0.137. The number of allylic oxidation sites excluding steroid dienone is 1. The van der Waals surface area contributed by atoms with Crippen LogP contribution in [-0.4, -0.2) is 17.1 Å². The Balaban J connectivity index is 4.31. The number of aliphatic carboxylic acids is 1. The van der Waals surface area contributed by atoms with Gasteiger partial charge in [0.1, 0.15) is 6.04 Å². The highest BCUT2D eigenvalue weighted by molar-refractivity contribution is 5.77. The molecule has 0 bridgehead atoms. The largest absolute Gasteiger partial charge is 0.480 e.